The van der Waals surface area contributed by atoms with Crippen molar-refractivity contribution in [3.63, 3.8) is 0 Å². The lowest BCUT2D eigenvalue weighted by atomic mass is 10.0. The molecule has 1 N–H and O–H groups in total. The second-order valence-electron chi connectivity index (χ2n) is 6.19. The molecule has 1 aliphatic heterocycles. The molecule has 0 bridgehead atoms. The fraction of sp³-hybridized carbons (Fsp3) is 0.500. The van der Waals surface area contributed by atoms with Gasteiger partial charge in [0.05, 0.1) is 4.90 Å². The predicted molar refractivity (Wildman–Crippen MR) is 89.8 cm³/mol. The van der Waals surface area contributed by atoms with Crippen LogP contribution < -0.4 is 4.72 Å². The molecule has 1 aliphatic rings. The molecule has 0 fully saturated rings. The normalized spacial score (nSPS) is 20.0. The molecule has 1 heterocycles. The van der Waals surface area contributed by atoms with Gasteiger partial charge in [-0.3, -0.25) is 14.5 Å². The van der Waals surface area contributed by atoms with Gasteiger partial charge in [-0.25, -0.2) is 8.42 Å². The number of benzene rings is 1. The van der Waals surface area contributed by atoms with E-state index in [9.17, 15) is 13.2 Å². The van der Waals surface area contributed by atoms with Crippen molar-refractivity contribution < 1.29 is 13.2 Å². The van der Waals surface area contributed by atoms with Crippen LogP contribution >= 0.6 is 0 Å². The van der Waals surface area contributed by atoms with Crippen LogP contribution in [0.25, 0.3) is 0 Å². The first kappa shape index (κ1) is 17.5. The van der Waals surface area contributed by atoms with Crippen LogP contribution in [0.3, 0.4) is 0 Å². The molecule has 1 amide bonds. The fourth-order valence-corrected chi connectivity index (χ4v) is 3.66. The zero-order valence-electron chi connectivity index (χ0n) is 14.1. The number of carbonyl (C=O) groups excluding carboxylic acids is 1. The van der Waals surface area contributed by atoms with Crippen LogP contribution in [0.15, 0.2) is 34.2 Å². The summed E-state index contributed by atoms with van der Waals surface area (Å²) in [6.07, 6.45) is 0. The number of fused-ring (bicyclic) bond motifs is 1. The zero-order chi connectivity index (χ0) is 17.4. The van der Waals surface area contributed by atoms with E-state index in [0.717, 1.165) is 0 Å². The first-order valence-electron chi connectivity index (χ1n) is 7.62. The second-order valence-corrected chi connectivity index (χ2v) is 7.84. The highest BCUT2D eigenvalue weighted by atomic mass is 32.2. The van der Waals surface area contributed by atoms with Crippen LogP contribution in [0.4, 0.5) is 0 Å². The summed E-state index contributed by atoms with van der Waals surface area (Å²) in [6.45, 7) is 7.75. The molecule has 1 aromatic rings. The van der Waals surface area contributed by atoms with Gasteiger partial charge in [-0.05, 0) is 31.9 Å². The zero-order valence-corrected chi connectivity index (χ0v) is 14.9. The molecule has 6 nitrogen and oxygen atoms in total. The van der Waals surface area contributed by atoms with E-state index in [2.05, 4.69) is 9.71 Å². The lowest BCUT2D eigenvalue weighted by Gasteiger charge is -2.29. The van der Waals surface area contributed by atoms with Crippen molar-refractivity contribution in [3.05, 3.63) is 29.8 Å². The number of carbonyl (C=O) groups is 1. The number of hydrogen-bond acceptors (Lipinski definition) is 4. The molecule has 0 aromatic heterocycles. The Balaban J connectivity index is 2.28. The van der Waals surface area contributed by atoms with Crippen LogP contribution in [0, 0.1) is 5.92 Å². The SMILES string of the molecule is CC(C)[C@H](C)N(C)C(=O)[C@H](C)N=C1NS(=O)(=O)c2ccccc21. The van der Waals surface area contributed by atoms with Gasteiger partial charge in [0.2, 0.25) is 5.91 Å². The van der Waals surface area contributed by atoms with Gasteiger partial charge in [0.25, 0.3) is 10.0 Å². The minimum absolute atomic E-state index is 0.0812. The molecule has 23 heavy (non-hydrogen) atoms. The molecule has 2 rings (SSSR count). The number of amides is 1. The Kier molecular flexibility index (Phi) is 4.79. The highest BCUT2D eigenvalue weighted by Crippen LogP contribution is 2.22. The van der Waals surface area contributed by atoms with E-state index in [1.807, 2.05) is 20.8 Å². The van der Waals surface area contributed by atoms with Crippen molar-refractivity contribution in [2.75, 3.05) is 7.05 Å². The summed E-state index contributed by atoms with van der Waals surface area (Å²) in [6, 6.07) is 6.04. The van der Waals surface area contributed by atoms with E-state index in [4.69, 9.17) is 0 Å². The van der Waals surface area contributed by atoms with Crippen LogP contribution in [-0.2, 0) is 14.8 Å². The van der Waals surface area contributed by atoms with Crippen molar-refractivity contribution in [3.8, 4) is 0 Å². The Hall–Kier alpha value is -1.89. The van der Waals surface area contributed by atoms with E-state index in [1.54, 1.807) is 37.1 Å². The Bertz CT molecular complexity index is 741. The lowest BCUT2D eigenvalue weighted by molar-refractivity contribution is -0.133. The second kappa shape index (κ2) is 6.31. The topological polar surface area (TPSA) is 78.8 Å². The van der Waals surface area contributed by atoms with E-state index < -0.39 is 16.1 Å². The van der Waals surface area contributed by atoms with Gasteiger partial charge in [0, 0.05) is 18.7 Å². The first-order valence-corrected chi connectivity index (χ1v) is 9.10. The average molecular weight is 337 g/mol. The number of aliphatic imine (C=N–C) groups is 1. The maximum absolute atomic E-state index is 12.5. The van der Waals surface area contributed by atoms with E-state index in [0.29, 0.717) is 11.5 Å². The molecule has 0 spiro atoms. The van der Waals surface area contributed by atoms with Gasteiger partial charge in [-0.2, -0.15) is 0 Å². The van der Waals surface area contributed by atoms with Gasteiger partial charge in [0.15, 0.2) is 0 Å². The quantitative estimate of drug-likeness (QED) is 0.907. The number of nitrogens with one attached hydrogen (secondary N) is 1. The van der Waals surface area contributed by atoms with E-state index >= 15 is 0 Å². The van der Waals surface area contributed by atoms with Gasteiger partial charge < -0.3 is 4.90 Å². The molecule has 1 aromatic carbocycles. The van der Waals surface area contributed by atoms with Crippen molar-refractivity contribution in [1.82, 2.24) is 9.62 Å². The third kappa shape index (κ3) is 3.39. The number of hydrogen-bond donors (Lipinski definition) is 1. The van der Waals surface area contributed by atoms with Gasteiger partial charge >= 0.3 is 0 Å². The van der Waals surface area contributed by atoms with Crippen molar-refractivity contribution in [1.29, 1.82) is 0 Å². The van der Waals surface area contributed by atoms with Crippen LogP contribution in [0.1, 0.15) is 33.3 Å². The molecule has 0 unspecified atom stereocenters. The average Bonchev–Trinajstić information content (AvgIpc) is 2.76. The fourth-order valence-electron chi connectivity index (χ4n) is 2.42. The first-order chi connectivity index (χ1) is 10.6. The maximum Gasteiger partial charge on any atom is 0.263 e. The summed E-state index contributed by atoms with van der Waals surface area (Å²) in [5, 5.41) is 0. The van der Waals surface area contributed by atoms with E-state index in [1.165, 1.54) is 6.07 Å². The van der Waals surface area contributed by atoms with Crippen molar-refractivity contribution in [2.24, 2.45) is 10.9 Å². The summed E-state index contributed by atoms with van der Waals surface area (Å²) in [7, 11) is -1.84. The number of sulfonamides is 1. The Morgan fingerprint density at radius 1 is 1.17 bits per heavy atom. The number of likely N-dealkylation sites (N-methyl/N-ethyl adjacent to an activating group) is 1. The van der Waals surface area contributed by atoms with Gasteiger partial charge in [-0.1, -0.05) is 26.0 Å². The molecule has 7 heteroatoms. The molecular weight excluding hydrogens is 314 g/mol. The molecule has 126 valence electrons. The standard InChI is InChI=1S/C16H23N3O3S/c1-10(2)12(4)19(5)16(20)11(3)17-15-13-8-6-7-9-14(13)23(21,22)18-15/h6-12H,1-5H3,(H,17,18)/t11-,12-/m0/s1. The maximum atomic E-state index is 12.5. The molecule has 0 saturated carbocycles. The van der Waals surface area contributed by atoms with Crippen molar-refractivity contribution >= 4 is 21.8 Å². The number of rotatable bonds is 4. The summed E-state index contributed by atoms with van der Waals surface area (Å²) < 4.78 is 26.5. The summed E-state index contributed by atoms with van der Waals surface area (Å²) >= 11 is 0. The van der Waals surface area contributed by atoms with Crippen LogP contribution in [0.2, 0.25) is 0 Å². The largest absolute Gasteiger partial charge is 0.341 e. The van der Waals surface area contributed by atoms with Crippen LogP contribution in [0.5, 0.6) is 0 Å². The monoisotopic (exact) mass is 337 g/mol. The van der Waals surface area contributed by atoms with Crippen LogP contribution in [-0.4, -0.2) is 44.2 Å². The number of amidine groups is 1. The Labute approximate surface area is 137 Å². The molecule has 0 radical (unpaired) electrons. The smallest absolute Gasteiger partial charge is 0.263 e. The Morgan fingerprint density at radius 3 is 2.39 bits per heavy atom. The van der Waals surface area contributed by atoms with Gasteiger partial charge in [0.1, 0.15) is 11.9 Å². The van der Waals surface area contributed by atoms with E-state index in [-0.39, 0.29) is 22.7 Å². The predicted octanol–water partition coefficient (Wildman–Crippen LogP) is 1.62. The summed E-state index contributed by atoms with van der Waals surface area (Å²) in [4.78, 5) is 18.7. The summed E-state index contributed by atoms with van der Waals surface area (Å²) in [5.41, 5.74) is 0.506. The third-order valence-corrected chi connectivity index (χ3v) is 5.66. The third-order valence-electron chi connectivity index (χ3n) is 4.27. The molecule has 2 atom stereocenters. The highest BCUT2D eigenvalue weighted by molar-refractivity contribution is 7.90. The summed E-state index contributed by atoms with van der Waals surface area (Å²) in [5.74, 6) is 0.420. The molecule has 0 saturated heterocycles. The van der Waals surface area contributed by atoms with Gasteiger partial charge in [-0.15, -0.1) is 0 Å². The Morgan fingerprint density at radius 2 is 1.78 bits per heavy atom. The lowest BCUT2D eigenvalue weighted by Crippen LogP contribution is -2.43. The highest BCUT2D eigenvalue weighted by Gasteiger charge is 2.32. The molecule has 0 aliphatic carbocycles. The number of nitrogens with zero attached hydrogens (tertiary/aromatic N) is 2. The molecular formula is C16H23N3O3S. The minimum Gasteiger partial charge on any atom is -0.341 e. The minimum atomic E-state index is -3.58. The van der Waals surface area contributed by atoms with Crippen molar-refractivity contribution in [2.45, 2.75) is 44.7 Å².